The van der Waals surface area contributed by atoms with Gasteiger partial charge in [-0.2, -0.15) is 0 Å². The van der Waals surface area contributed by atoms with Crippen LogP contribution in [0.15, 0.2) is 151 Å². The van der Waals surface area contributed by atoms with Crippen molar-refractivity contribution < 1.29 is 4.42 Å². The Balaban J connectivity index is 1.34. The van der Waals surface area contributed by atoms with E-state index in [1.807, 2.05) is 72.8 Å². The molecule has 0 aliphatic rings. The molecule has 2 aromatic heterocycles. The molecule has 0 aliphatic carbocycles. The average molecular weight is 592 g/mol. The fourth-order valence-corrected chi connectivity index (χ4v) is 6.26. The van der Waals surface area contributed by atoms with Crippen LogP contribution in [-0.2, 0) is 0 Å². The summed E-state index contributed by atoms with van der Waals surface area (Å²) in [5, 5.41) is 3.41. The lowest BCUT2D eigenvalue weighted by Gasteiger charge is -2.13. The van der Waals surface area contributed by atoms with Crippen LogP contribution in [0.4, 0.5) is 0 Å². The first-order chi connectivity index (χ1) is 22.7. The molecular formula is C42H29N3O. The van der Waals surface area contributed by atoms with Gasteiger partial charge in [-0.3, -0.25) is 0 Å². The van der Waals surface area contributed by atoms with Crippen LogP contribution >= 0.6 is 0 Å². The van der Waals surface area contributed by atoms with E-state index in [-0.39, 0.29) is 0 Å². The van der Waals surface area contributed by atoms with Crippen molar-refractivity contribution in [3.8, 4) is 56.4 Å². The Morgan fingerprint density at radius 1 is 0.522 bits per heavy atom. The summed E-state index contributed by atoms with van der Waals surface area (Å²) in [5.41, 5.74) is 9.08. The molecule has 4 heteroatoms. The predicted octanol–water partition coefficient (Wildman–Crippen LogP) is 11.1. The smallest absolute Gasteiger partial charge is 0.164 e. The minimum atomic E-state index is 0.618. The van der Waals surface area contributed by atoms with Crippen LogP contribution in [0, 0.1) is 6.92 Å². The lowest BCUT2D eigenvalue weighted by Crippen LogP contribution is -2.01. The molecule has 0 aliphatic heterocycles. The summed E-state index contributed by atoms with van der Waals surface area (Å²) in [4.78, 5) is 14.9. The van der Waals surface area contributed by atoms with E-state index in [1.165, 1.54) is 16.3 Å². The van der Waals surface area contributed by atoms with Gasteiger partial charge in [-0.15, -0.1) is 0 Å². The Morgan fingerprint density at radius 3 is 1.83 bits per heavy atom. The van der Waals surface area contributed by atoms with E-state index >= 15 is 0 Å². The normalized spacial score (nSPS) is 11.2. The molecule has 0 amide bonds. The first kappa shape index (κ1) is 27.4. The van der Waals surface area contributed by atoms with Gasteiger partial charge in [0.1, 0.15) is 11.3 Å². The minimum absolute atomic E-state index is 0.618. The number of nitrogens with zero attached hydrogens (tertiary/aromatic N) is 3. The number of rotatable bonds is 6. The zero-order valence-corrected chi connectivity index (χ0v) is 25.3. The third-order valence-corrected chi connectivity index (χ3v) is 8.47. The number of hydrogen-bond donors (Lipinski definition) is 0. The Kier molecular flexibility index (Phi) is 6.81. The second-order valence-electron chi connectivity index (χ2n) is 11.3. The highest BCUT2D eigenvalue weighted by molar-refractivity contribution is 6.09. The lowest BCUT2D eigenvalue weighted by atomic mass is 9.90. The summed E-state index contributed by atoms with van der Waals surface area (Å²) >= 11 is 0. The minimum Gasteiger partial charge on any atom is -0.456 e. The topological polar surface area (TPSA) is 51.8 Å². The standard InChI is InChI=1S/C42H29N3O/c1-3-36-39(38-27(2)22-23-28-14-10-11-20-33(28)38)35-26-31(24-25-37(35)46-36)32-19-12-13-21-34(32)42-44-40(29-15-6-4-7-16-29)43-41(45-42)30-17-8-5-9-18-30/h3-26H,1H2,2H3. The van der Waals surface area contributed by atoms with Crippen molar-refractivity contribution in [1.29, 1.82) is 0 Å². The molecule has 0 saturated heterocycles. The summed E-state index contributed by atoms with van der Waals surface area (Å²) in [6.07, 6.45) is 1.81. The lowest BCUT2D eigenvalue weighted by molar-refractivity contribution is 0.605. The molecule has 0 unspecified atom stereocenters. The zero-order chi connectivity index (χ0) is 31.0. The van der Waals surface area contributed by atoms with E-state index < -0.39 is 0 Å². The van der Waals surface area contributed by atoms with Crippen LogP contribution in [0.3, 0.4) is 0 Å². The number of benzene rings is 6. The van der Waals surface area contributed by atoms with Crippen molar-refractivity contribution >= 4 is 27.8 Å². The van der Waals surface area contributed by atoms with E-state index in [2.05, 4.69) is 86.3 Å². The van der Waals surface area contributed by atoms with Crippen molar-refractivity contribution in [3.63, 3.8) is 0 Å². The van der Waals surface area contributed by atoms with Gasteiger partial charge in [-0.1, -0.05) is 134 Å². The van der Waals surface area contributed by atoms with Crippen molar-refractivity contribution in [2.75, 3.05) is 0 Å². The van der Waals surface area contributed by atoms with Gasteiger partial charge >= 0.3 is 0 Å². The zero-order valence-electron chi connectivity index (χ0n) is 25.3. The molecule has 0 N–H and O–H groups in total. The molecule has 8 aromatic rings. The van der Waals surface area contributed by atoms with E-state index in [4.69, 9.17) is 19.4 Å². The second kappa shape index (κ2) is 11.4. The van der Waals surface area contributed by atoms with Crippen LogP contribution in [0.5, 0.6) is 0 Å². The van der Waals surface area contributed by atoms with Crippen LogP contribution in [-0.4, -0.2) is 15.0 Å². The molecule has 218 valence electrons. The summed E-state index contributed by atoms with van der Waals surface area (Å²) in [7, 11) is 0. The monoisotopic (exact) mass is 591 g/mol. The van der Waals surface area contributed by atoms with E-state index in [0.29, 0.717) is 17.5 Å². The van der Waals surface area contributed by atoms with Crippen LogP contribution < -0.4 is 0 Å². The molecule has 0 bridgehead atoms. The molecule has 0 fully saturated rings. The van der Waals surface area contributed by atoms with Crippen molar-refractivity contribution in [3.05, 3.63) is 157 Å². The maximum absolute atomic E-state index is 6.39. The fraction of sp³-hybridized carbons (Fsp3) is 0.0238. The number of furan rings is 1. The van der Waals surface area contributed by atoms with Gasteiger partial charge < -0.3 is 4.42 Å². The van der Waals surface area contributed by atoms with Crippen molar-refractivity contribution in [2.45, 2.75) is 6.92 Å². The van der Waals surface area contributed by atoms with Crippen LogP contribution in [0.2, 0.25) is 0 Å². The number of hydrogen-bond acceptors (Lipinski definition) is 4. The van der Waals surface area contributed by atoms with Gasteiger partial charge in [0.05, 0.1) is 0 Å². The molecule has 0 radical (unpaired) electrons. The summed E-state index contributed by atoms with van der Waals surface area (Å²) in [5.74, 6) is 2.65. The molecule has 46 heavy (non-hydrogen) atoms. The van der Waals surface area contributed by atoms with Gasteiger partial charge in [-0.25, -0.2) is 15.0 Å². The van der Waals surface area contributed by atoms with Crippen molar-refractivity contribution in [2.24, 2.45) is 0 Å². The average Bonchev–Trinajstić information content (AvgIpc) is 3.49. The maximum atomic E-state index is 6.39. The quantitative estimate of drug-likeness (QED) is 0.193. The molecule has 0 atom stereocenters. The highest BCUT2D eigenvalue weighted by atomic mass is 16.3. The molecule has 0 spiro atoms. The third kappa shape index (κ3) is 4.77. The Morgan fingerprint density at radius 2 is 1.13 bits per heavy atom. The highest BCUT2D eigenvalue weighted by Gasteiger charge is 2.20. The molecule has 4 nitrogen and oxygen atoms in total. The molecule has 0 saturated carbocycles. The summed E-state index contributed by atoms with van der Waals surface area (Å²) in [6, 6.07) is 47.6. The largest absolute Gasteiger partial charge is 0.456 e. The SMILES string of the molecule is C=Cc1oc2ccc(-c3ccccc3-c3nc(-c4ccccc4)nc(-c4ccccc4)n3)cc2c1-c1c(C)ccc2ccccc12. The second-order valence-corrected chi connectivity index (χ2v) is 11.3. The van der Waals surface area contributed by atoms with Gasteiger partial charge in [0.25, 0.3) is 0 Å². The third-order valence-electron chi connectivity index (χ3n) is 8.47. The molecular weight excluding hydrogens is 562 g/mol. The Bertz CT molecular complexity index is 2330. The van der Waals surface area contributed by atoms with E-state index in [0.717, 1.165) is 55.7 Å². The fourth-order valence-electron chi connectivity index (χ4n) is 6.26. The summed E-state index contributed by atoms with van der Waals surface area (Å²) < 4.78 is 6.39. The van der Waals surface area contributed by atoms with Gasteiger partial charge in [0.2, 0.25) is 0 Å². The van der Waals surface area contributed by atoms with Gasteiger partial charge in [0.15, 0.2) is 17.5 Å². The van der Waals surface area contributed by atoms with Gasteiger partial charge in [0, 0.05) is 27.6 Å². The molecule has 8 rings (SSSR count). The van der Waals surface area contributed by atoms with Crippen LogP contribution in [0.1, 0.15) is 11.3 Å². The first-order valence-electron chi connectivity index (χ1n) is 15.3. The van der Waals surface area contributed by atoms with Crippen LogP contribution in [0.25, 0.3) is 84.2 Å². The number of fused-ring (bicyclic) bond motifs is 2. The highest BCUT2D eigenvalue weighted by Crippen LogP contribution is 2.43. The van der Waals surface area contributed by atoms with Gasteiger partial charge in [-0.05, 0) is 58.2 Å². The number of aryl methyl sites for hydroxylation is 1. The molecule has 2 heterocycles. The predicted molar refractivity (Wildman–Crippen MR) is 189 cm³/mol. The Hall–Kier alpha value is -6.13. The first-order valence-corrected chi connectivity index (χ1v) is 15.3. The van der Waals surface area contributed by atoms with E-state index in [9.17, 15) is 0 Å². The van der Waals surface area contributed by atoms with Crippen molar-refractivity contribution in [1.82, 2.24) is 15.0 Å². The molecule has 6 aromatic carbocycles. The Labute approximate surface area is 267 Å². The number of aromatic nitrogens is 3. The maximum Gasteiger partial charge on any atom is 0.164 e. The van der Waals surface area contributed by atoms with E-state index in [1.54, 1.807) is 0 Å². The summed E-state index contributed by atoms with van der Waals surface area (Å²) in [6.45, 7) is 6.26.